The Hall–Kier alpha value is -2.61. The highest BCUT2D eigenvalue weighted by molar-refractivity contribution is 7.92. The van der Waals surface area contributed by atoms with E-state index >= 15 is 0 Å². The van der Waals surface area contributed by atoms with Gasteiger partial charge in [0.05, 0.1) is 25.8 Å². The molecule has 0 bridgehead atoms. The third-order valence-electron chi connectivity index (χ3n) is 3.59. The fourth-order valence-corrected chi connectivity index (χ4v) is 3.87. The van der Waals surface area contributed by atoms with Gasteiger partial charge in [-0.3, -0.25) is 9.10 Å². The molecule has 8 heteroatoms. The number of rotatable bonds is 8. The van der Waals surface area contributed by atoms with Gasteiger partial charge in [-0.2, -0.15) is 0 Å². The fourth-order valence-electron chi connectivity index (χ4n) is 2.34. The summed E-state index contributed by atoms with van der Waals surface area (Å²) in [4.78, 5) is 11.2. The number of hydrogen-bond acceptors (Lipinski definition) is 5. The number of anilines is 1. The number of carbonyl (C=O) groups excluding carboxylic acids is 1. The van der Waals surface area contributed by atoms with Crippen LogP contribution in [0.3, 0.4) is 0 Å². The van der Waals surface area contributed by atoms with Crippen molar-refractivity contribution in [2.75, 3.05) is 24.6 Å². The lowest BCUT2D eigenvalue weighted by Crippen LogP contribution is -2.34. The Bertz CT molecular complexity index is 852. The molecule has 0 aliphatic carbocycles. The van der Waals surface area contributed by atoms with Crippen LogP contribution in [0, 0.1) is 5.82 Å². The number of methoxy groups -OCH3 is 1. The van der Waals surface area contributed by atoms with Crippen LogP contribution >= 0.6 is 0 Å². The number of ether oxygens (including phenoxy) is 2. The molecular formula is C18H20FNO5S. The van der Waals surface area contributed by atoms with Crippen molar-refractivity contribution in [1.82, 2.24) is 0 Å². The number of esters is 1. The predicted octanol–water partition coefficient (Wildman–Crippen LogP) is 2.98. The standard InChI is InChI=1S/C18H20FNO5S/c1-3-25-18(21)12-13-20(14-8-10-15(24-2)11-9-14)26(22,23)17-7-5-4-6-16(17)19/h4-11H,3,12-13H2,1-2H3. The third-order valence-corrected chi connectivity index (χ3v) is 5.45. The summed E-state index contributed by atoms with van der Waals surface area (Å²) >= 11 is 0. The van der Waals surface area contributed by atoms with Gasteiger partial charge in [0.1, 0.15) is 16.5 Å². The van der Waals surface area contributed by atoms with E-state index in [2.05, 4.69) is 0 Å². The zero-order valence-corrected chi connectivity index (χ0v) is 15.3. The van der Waals surface area contributed by atoms with Crippen molar-refractivity contribution in [3.63, 3.8) is 0 Å². The Kier molecular flexibility index (Phi) is 6.57. The molecule has 0 aliphatic heterocycles. The molecule has 0 spiro atoms. The molecule has 0 saturated carbocycles. The first-order valence-electron chi connectivity index (χ1n) is 7.97. The van der Waals surface area contributed by atoms with Gasteiger partial charge < -0.3 is 9.47 Å². The maximum atomic E-state index is 14.1. The smallest absolute Gasteiger partial charge is 0.307 e. The van der Waals surface area contributed by atoms with E-state index in [1.807, 2.05) is 0 Å². The number of halogens is 1. The summed E-state index contributed by atoms with van der Waals surface area (Å²) in [6.07, 6.45) is -0.159. The van der Waals surface area contributed by atoms with Crippen LogP contribution in [0.1, 0.15) is 13.3 Å². The van der Waals surface area contributed by atoms with Crippen LogP contribution in [-0.2, 0) is 19.6 Å². The van der Waals surface area contributed by atoms with Crippen molar-refractivity contribution in [1.29, 1.82) is 0 Å². The minimum absolute atomic E-state index is 0.159. The first-order valence-corrected chi connectivity index (χ1v) is 9.41. The molecule has 0 amide bonds. The summed E-state index contributed by atoms with van der Waals surface area (Å²) in [5, 5.41) is 0. The molecule has 26 heavy (non-hydrogen) atoms. The van der Waals surface area contributed by atoms with E-state index in [-0.39, 0.29) is 19.6 Å². The van der Waals surface area contributed by atoms with Gasteiger partial charge in [0.15, 0.2) is 0 Å². The average Bonchev–Trinajstić information content (AvgIpc) is 2.62. The molecule has 0 saturated heterocycles. The molecular weight excluding hydrogens is 361 g/mol. The normalized spacial score (nSPS) is 11.0. The van der Waals surface area contributed by atoms with Gasteiger partial charge in [-0.25, -0.2) is 12.8 Å². The first kappa shape index (κ1) is 19.7. The van der Waals surface area contributed by atoms with Crippen LogP contribution < -0.4 is 9.04 Å². The van der Waals surface area contributed by atoms with E-state index in [0.717, 1.165) is 10.4 Å². The highest BCUT2D eigenvalue weighted by Crippen LogP contribution is 2.27. The molecule has 0 fully saturated rings. The van der Waals surface area contributed by atoms with E-state index in [9.17, 15) is 17.6 Å². The SMILES string of the molecule is CCOC(=O)CCN(c1ccc(OC)cc1)S(=O)(=O)c1ccccc1F. The summed E-state index contributed by atoms with van der Waals surface area (Å²) in [7, 11) is -2.72. The molecule has 0 N–H and O–H groups in total. The van der Waals surface area contributed by atoms with Crippen LogP contribution in [0.15, 0.2) is 53.4 Å². The Morgan fingerprint density at radius 1 is 1.12 bits per heavy atom. The number of carbonyl (C=O) groups is 1. The van der Waals surface area contributed by atoms with Crippen molar-refractivity contribution in [3.8, 4) is 5.75 Å². The third kappa shape index (κ3) is 4.51. The van der Waals surface area contributed by atoms with Crippen molar-refractivity contribution in [2.45, 2.75) is 18.2 Å². The zero-order chi connectivity index (χ0) is 19.2. The molecule has 0 aliphatic rings. The molecule has 0 radical (unpaired) electrons. The Labute approximate surface area is 152 Å². The molecule has 0 atom stereocenters. The van der Waals surface area contributed by atoms with Gasteiger partial charge in [-0.05, 0) is 43.3 Å². The second kappa shape index (κ2) is 8.66. The van der Waals surface area contributed by atoms with Crippen molar-refractivity contribution in [2.24, 2.45) is 0 Å². The van der Waals surface area contributed by atoms with E-state index in [0.29, 0.717) is 11.4 Å². The minimum Gasteiger partial charge on any atom is -0.497 e. The van der Waals surface area contributed by atoms with E-state index in [1.54, 1.807) is 19.1 Å². The van der Waals surface area contributed by atoms with Gasteiger partial charge in [0.25, 0.3) is 10.0 Å². The highest BCUT2D eigenvalue weighted by Gasteiger charge is 2.28. The quantitative estimate of drug-likeness (QED) is 0.658. The lowest BCUT2D eigenvalue weighted by Gasteiger charge is -2.24. The maximum absolute atomic E-state index is 14.1. The predicted molar refractivity (Wildman–Crippen MR) is 95.2 cm³/mol. The lowest BCUT2D eigenvalue weighted by atomic mass is 10.3. The maximum Gasteiger partial charge on any atom is 0.307 e. The minimum atomic E-state index is -4.21. The lowest BCUT2D eigenvalue weighted by molar-refractivity contribution is -0.142. The summed E-state index contributed by atoms with van der Waals surface area (Å²) < 4.78 is 51.0. The summed E-state index contributed by atoms with van der Waals surface area (Å²) in [6.45, 7) is 1.68. The molecule has 6 nitrogen and oxygen atoms in total. The molecule has 0 heterocycles. The first-order chi connectivity index (χ1) is 12.4. The average molecular weight is 381 g/mol. The molecule has 2 aromatic rings. The van der Waals surface area contributed by atoms with Crippen molar-refractivity contribution in [3.05, 3.63) is 54.3 Å². The molecule has 2 rings (SSSR count). The number of benzene rings is 2. The van der Waals surface area contributed by atoms with Gasteiger partial charge in [0.2, 0.25) is 0 Å². The Balaban J connectivity index is 2.41. The molecule has 0 unspecified atom stereocenters. The molecule has 140 valence electrons. The molecule has 0 aromatic heterocycles. The van der Waals surface area contributed by atoms with Crippen LogP contribution in [-0.4, -0.2) is 34.6 Å². The summed E-state index contributed by atoms with van der Waals surface area (Å²) in [5.74, 6) is -0.848. The van der Waals surface area contributed by atoms with Crippen molar-refractivity contribution < 1.29 is 27.1 Å². The second-order valence-corrected chi connectivity index (χ2v) is 7.09. The van der Waals surface area contributed by atoms with Gasteiger partial charge in [0, 0.05) is 6.54 Å². The highest BCUT2D eigenvalue weighted by atomic mass is 32.2. The molecule has 2 aromatic carbocycles. The Morgan fingerprint density at radius 3 is 2.35 bits per heavy atom. The number of sulfonamides is 1. The van der Waals surface area contributed by atoms with Crippen LogP contribution in [0.5, 0.6) is 5.75 Å². The summed E-state index contributed by atoms with van der Waals surface area (Å²) in [5.41, 5.74) is 0.290. The van der Waals surface area contributed by atoms with E-state index in [4.69, 9.17) is 9.47 Å². The number of nitrogens with zero attached hydrogens (tertiary/aromatic N) is 1. The zero-order valence-electron chi connectivity index (χ0n) is 14.5. The van der Waals surface area contributed by atoms with Gasteiger partial charge >= 0.3 is 5.97 Å². The second-order valence-electron chi connectivity index (χ2n) is 5.26. The van der Waals surface area contributed by atoms with Gasteiger partial charge in [-0.15, -0.1) is 0 Å². The topological polar surface area (TPSA) is 72.9 Å². The van der Waals surface area contributed by atoms with Crippen LogP contribution in [0.4, 0.5) is 10.1 Å². The van der Waals surface area contributed by atoms with Crippen molar-refractivity contribution >= 4 is 21.7 Å². The van der Waals surface area contributed by atoms with Crippen LogP contribution in [0.2, 0.25) is 0 Å². The number of hydrogen-bond donors (Lipinski definition) is 0. The monoisotopic (exact) mass is 381 g/mol. The summed E-state index contributed by atoms with van der Waals surface area (Å²) in [6, 6.07) is 11.3. The van der Waals surface area contributed by atoms with Crippen LogP contribution in [0.25, 0.3) is 0 Å². The van der Waals surface area contributed by atoms with E-state index < -0.39 is 26.7 Å². The van der Waals surface area contributed by atoms with E-state index in [1.165, 1.54) is 37.4 Å². The largest absolute Gasteiger partial charge is 0.497 e. The van der Waals surface area contributed by atoms with Gasteiger partial charge in [-0.1, -0.05) is 12.1 Å². The Morgan fingerprint density at radius 2 is 1.77 bits per heavy atom. The fraction of sp³-hybridized carbons (Fsp3) is 0.278.